The van der Waals surface area contributed by atoms with Gasteiger partial charge in [0.25, 0.3) is 0 Å². The molecule has 102 valence electrons. The highest BCUT2D eigenvalue weighted by Gasteiger charge is 2.19. The van der Waals surface area contributed by atoms with Crippen molar-refractivity contribution in [3.63, 3.8) is 0 Å². The molecule has 0 aliphatic rings. The van der Waals surface area contributed by atoms with Crippen LogP contribution in [0.25, 0.3) is 21.7 Å². The van der Waals surface area contributed by atoms with E-state index >= 15 is 0 Å². The van der Waals surface area contributed by atoms with Gasteiger partial charge in [0.15, 0.2) is 0 Å². The molecule has 0 saturated carbocycles. The number of thiophene rings is 1. The van der Waals surface area contributed by atoms with Gasteiger partial charge in [-0.25, -0.2) is 0 Å². The lowest BCUT2D eigenvalue weighted by atomic mass is 10.0. The maximum Gasteiger partial charge on any atom is 0.230 e. The number of nitrogens with two attached hydrogens (primary N) is 1. The lowest BCUT2D eigenvalue weighted by Crippen LogP contribution is -1.87. The molecule has 5 heteroatoms. The number of aromatic nitrogens is 1. The second-order valence-corrected chi connectivity index (χ2v) is 7.08. The fourth-order valence-electron chi connectivity index (χ4n) is 2.13. The van der Waals surface area contributed by atoms with Crippen molar-refractivity contribution < 1.29 is 4.52 Å². The quantitative estimate of drug-likeness (QED) is 0.706. The van der Waals surface area contributed by atoms with E-state index in [-0.39, 0.29) is 0 Å². The van der Waals surface area contributed by atoms with Gasteiger partial charge in [0.1, 0.15) is 5.69 Å². The largest absolute Gasteiger partial charge is 0.367 e. The first-order valence-corrected chi connectivity index (χ1v) is 7.75. The molecule has 0 bridgehead atoms. The zero-order valence-corrected chi connectivity index (χ0v) is 13.5. The maximum absolute atomic E-state index is 5.97. The van der Waals surface area contributed by atoms with E-state index < -0.39 is 0 Å². The molecule has 1 aromatic carbocycles. The molecule has 2 heterocycles. The van der Waals surface area contributed by atoms with Crippen molar-refractivity contribution in [2.45, 2.75) is 13.8 Å². The molecule has 0 saturated heterocycles. The van der Waals surface area contributed by atoms with Gasteiger partial charge >= 0.3 is 0 Å². The minimum Gasteiger partial charge on any atom is -0.367 e. The Labute approximate surface area is 129 Å². The third-order valence-corrected chi connectivity index (χ3v) is 5.26. The minimum atomic E-state index is 0.354. The summed E-state index contributed by atoms with van der Waals surface area (Å²) in [6, 6.07) is 10.3. The first-order valence-electron chi connectivity index (χ1n) is 6.14. The summed E-state index contributed by atoms with van der Waals surface area (Å²) in [4.78, 5) is 1.05. The zero-order chi connectivity index (χ0) is 14.3. The molecule has 3 nitrogen and oxygen atoms in total. The maximum atomic E-state index is 5.97. The van der Waals surface area contributed by atoms with E-state index in [4.69, 9.17) is 10.3 Å². The van der Waals surface area contributed by atoms with Crippen molar-refractivity contribution in [1.29, 1.82) is 0 Å². The number of hydrogen-bond acceptors (Lipinski definition) is 4. The predicted octanol–water partition coefficient (Wildman–Crippen LogP) is 5.03. The van der Waals surface area contributed by atoms with E-state index in [2.05, 4.69) is 53.1 Å². The van der Waals surface area contributed by atoms with Crippen molar-refractivity contribution in [3.05, 3.63) is 45.2 Å². The van der Waals surface area contributed by atoms with E-state index in [0.717, 1.165) is 25.5 Å². The molecule has 3 aromatic rings. The number of halogens is 1. The average molecular weight is 349 g/mol. The van der Waals surface area contributed by atoms with E-state index in [1.807, 2.05) is 12.1 Å². The van der Waals surface area contributed by atoms with Gasteiger partial charge in [0, 0.05) is 0 Å². The molecule has 0 atom stereocenters. The summed E-state index contributed by atoms with van der Waals surface area (Å²) in [5.41, 5.74) is 11.0. The fourth-order valence-corrected chi connectivity index (χ4v) is 3.65. The molecule has 0 radical (unpaired) electrons. The lowest BCUT2D eigenvalue weighted by Gasteiger charge is -2.02. The molecular formula is C15H13BrN2OS. The molecule has 0 spiro atoms. The second kappa shape index (κ2) is 5.07. The molecule has 20 heavy (non-hydrogen) atoms. The summed E-state index contributed by atoms with van der Waals surface area (Å²) in [6.45, 7) is 4.11. The first-order chi connectivity index (χ1) is 9.56. The van der Waals surface area contributed by atoms with Gasteiger partial charge in [-0.05, 0) is 47.0 Å². The van der Waals surface area contributed by atoms with Crippen LogP contribution in [0, 0.1) is 13.8 Å². The van der Waals surface area contributed by atoms with Gasteiger partial charge in [-0.3, -0.25) is 0 Å². The summed E-state index contributed by atoms with van der Waals surface area (Å²) in [5.74, 6) is 0.354. The Morgan fingerprint density at radius 1 is 1.25 bits per heavy atom. The van der Waals surface area contributed by atoms with Crippen molar-refractivity contribution in [1.82, 2.24) is 5.16 Å². The van der Waals surface area contributed by atoms with Crippen LogP contribution in [0.3, 0.4) is 0 Å². The minimum absolute atomic E-state index is 0.354. The highest BCUT2D eigenvalue weighted by molar-refractivity contribution is 9.11. The van der Waals surface area contributed by atoms with Crippen molar-refractivity contribution in [2.75, 3.05) is 5.73 Å². The number of rotatable bonds is 2. The van der Waals surface area contributed by atoms with Crippen molar-refractivity contribution in [2.24, 2.45) is 0 Å². The van der Waals surface area contributed by atoms with Crippen LogP contribution in [0.5, 0.6) is 0 Å². The van der Waals surface area contributed by atoms with Crippen molar-refractivity contribution in [3.8, 4) is 21.7 Å². The molecule has 2 aromatic heterocycles. The summed E-state index contributed by atoms with van der Waals surface area (Å²) in [7, 11) is 0. The third-order valence-electron chi connectivity index (χ3n) is 3.12. The third kappa shape index (κ3) is 2.27. The van der Waals surface area contributed by atoms with Crippen LogP contribution in [0.15, 0.2) is 38.6 Å². The SMILES string of the molecule is Cc1cccc(-c2c(-c3cc(C)c(Br)s3)noc2N)c1. The van der Waals surface area contributed by atoms with Crippen LogP contribution in [0.1, 0.15) is 11.1 Å². The fraction of sp³-hybridized carbons (Fsp3) is 0.133. The number of nitrogen functional groups attached to an aromatic ring is 1. The van der Waals surface area contributed by atoms with Gasteiger partial charge in [0.2, 0.25) is 5.88 Å². The van der Waals surface area contributed by atoms with Crippen LogP contribution >= 0.6 is 27.3 Å². The predicted molar refractivity (Wildman–Crippen MR) is 86.8 cm³/mol. The topological polar surface area (TPSA) is 52.0 Å². The highest BCUT2D eigenvalue weighted by Crippen LogP contribution is 2.41. The second-order valence-electron chi connectivity index (χ2n) is 4.71. The van der Waals surface area contributed by atoms with Crippen LogP contribution < -0.4 is 5.73 Å². The van der Waals surface area contributed by atoms with Crippen LogP contribution in [-0.2, 0) is 0 Å². The monoisotopic (exact) mass is 348 g/mol. The summed E-state index contributed by atoms with van der Waals surface area (Å²) in [5, 5.41) is 4.14. The van der Waals surface area contributed by atoms with E-state index in [9.17, 15) is 0 Å². The standard InChI is InChI=1S/C15H13BrN2OS/c1-8-4-3-5-10(6-8)12-13(18-19-15(12)17)11-7-9(2)14(16)20-11/h3-7H,17H2,1-2H3. The summed E-state index contributed by atoms with van der Waals surface area (Å²) in [6.07, 6.45) is 0. The Hall–Kier alpha value is -1.59. The molecule has 0 fully saturated rings. The summed E-state index contributed by atoms with van der Waals surface area (Å²) < 4.78 is 6.31. The molecular weight excluding hydrogens is 336 g/mol. The smallest absolute Gasteiger partial charge is 0.230 e. The van der Waals surface area contributed by atoms with Crippen LogP contribution in [0.4, 0.5) is 5.88 Å². The van der Waals surface area contributed by atoms with Crippen LogP contribution in [0.2, 0.25) is 0 Å². The Morgan fingerprint density at radius 2 is 2.05 bits per heavy atom. The number of anilines is 1. The normalized spacial score (nSPS) is 10.9. The Bertz CT molecular complexity index is 757. The summed E-state index contributed by atoms with van der Waals surface area (Å²) >= 11 is 5.17. The van der Waals surface area contributed by atoms with Gasteiger partial charge < -0.3 is 10.3 Å². The molecule has 0 unspecified atom stereocenters. The number of aryl methyl sites for hydroxylation is 2. The van der Waals surface area contributed by atoms with Gasteiger partial charge in [-0.1, -0.05) is 35.0 Å². The Balaban J connectivity index is 2.19. The van der Waals surface area contributed by atoms with Gasteiger partial charge in [-0.2, -0.15) is 0 Å². The van der Waals surface area contributed by atoms with Gasteiger partial charge in [0.05, 0.1) is 14.2 Å². The first kappa shape index (κ1) is 13.4. The molecule has 2 N–H and O–H groups in total. The molecule has 0 amide bonds. The van der Waals surface area contributed by atoms with Gasteiger partial charge in [-0.15, -0.1) is 11.3 Å². The zero-order valence-electron chi connectivity index (χ0n) is 11.1. The Morgan fingerprint density at radius 3 is 2.70 bits per heavy atom. The number of hydrogen-bond donors (Lipinski definition) is 1. The van der Waals surface area contributed by atoms with E-state index in [1.165, 1.54) is 11.1 Å². The van der Waals surface area contributed by atoms with Crippen LogP contribution in [-0.4, -0.2) is 5.16 Å². The van der Waals surface area contributed by atoms with E-state index in [1.54, 1.807) is 11.3 Å². The molecule has 0 aliphatic heterocycles. The highest BCUT2D eigenvalue weighted by atomic mass is 79.9. The lowest BCUT2D eigenvalue weighted by molar-refractivity contribution is 0.439. The average Bonchev–Trinajstić information content (AvgIpc) is 2.93. The van der Waals surface area contributed by atoms with Crippen molar-refractivity contribution >= 4 is 33.2 Å². The number of benzene rings is 1. The molecule has 0 aliphatic carbocycles. The van der Waals surface area contributed by atoms with E-state index in [0.29, 0.717) is 5.88 Å². The Kier molecular flexibility index (Phi) is 3.40. The molecule has 3 rings (SSSR count). The number of nitrogens with zero attached hydrogens (tertiary/aromatic N) is 1.